The van der Waals surface area contributed by atoms with E-state index in [1.54, 1.807) is 0 Å². The van der Waals surface area contributed by atoms with Crippen LogP contribution < -0.4 is 5.32 Å². The maximum absolute atomic E-state index is 11.9. The van der Waals surface area contributed by atoms with E-state index < -0.39 is 0 Å². The lowest BCUT2D eigenvalue weighted by molar-refractivity contribution is -0.132. The summed E-state index contributed by atoms with van der Waals surface area (Å²) in [6.07, 6.45) is 2.79. The highest BCUT2D eigenvalue weighted by molar-refractivity contribution is 5.82. The van der Waals surface area contributed by atoms with Gasteiger partial charge >= 0.3 is 0 Å². The zero-order chi connectivity index (χ0) is 10.5. The van der Waals surface area contributed by atoms with E-state index in [4.69, 9.17) is 0 Å². The predicted octanol–water partition coefficient (Wildman–Crippen LogP) is 2.73. The molecule has 0 rings (SSSR count). The molecule has 1 amide bonds. The molecule has 0 aromatic carbocycles. The van der Waals surface area contributed by atoms with E-state index in [0.29, 0.717) is 0 Å². The van der Waals surface area contributed by atoms with Gasteiger partial charge in [0, 0.05) is 11.5 Å². The van der Waals surface area contributed by atoms with Crippen LogP contribution in [0.2, 0.25) is 0 Å². The van der Waals surface area contributed by atoms with Crippen molar-refractivity contribution in [3.8, 4) is 0 Å². The van der Waals surface area contributed by atoms with Crippen LogP contribution in [0.15, 0.2) is 0 Å². The highest BCUT2D eigenvalue weighted by atomic mass is 16.2. The van der Waals surface area contributed by atoms with Crippen molar-refractivity contribution >= 4 is 5.91 Å². The number of carbonyl (C=O) groups excluding carboxylic acids is 1. The van der Waals surface area contributed by atoms with Gasteiger partial charge in [-0.1, -0.05) is 20.8 Å². The molecule has 0 atom stereocenters. The Morgan fingerprint density at radius 2 is 1.54 bits per heavy atom. The van der Waals surface area contributed by atoms with Crippen LogP contribution in [0, 0.1) is 5.41 Å². The van der Waals surface area contributed by atoms with Crippen LogP contribution in [0.1, 0.15) is 53.9 Å². The molecule has 0 fully saturated rings. The molecule has 0 unspecified atom stereocenters. The summed E-state index contributed by atoms with van der Waals surface area (Å²) in [6.45, 7) is 10.3. The summed E-state index contributed by atoms with van der Waals surface area (Å²) in [7, 11) is 0. The van der Waals surface area contributed by atoms with E-state index in [2.05, 4.69) is 26.1 Å². The lowest BCUT2D eigenvalue weighted by Crippen LogP contribution is -2.43. The summed E-state index contributed by atoms with van der Waals surface area (Å²) < 4.78 is 0. The highest BCUT2D eigenvalue weighted by Gasteiger charge is 2.32. The Balaban J connectivity index is 4.44. The van der Waals surface area contributed by atoms with Gasteiger partial charge in [0.15, 0.2) is 0 Å². The average Bonchev–Trinajstić information content (AvgIpc) is 2.07. The largest absolute Gasteiger partial charge is 0.353 e. The molecule has 2 nitrogen and oxygen atoms in total. The first-order chi connectivity index (χ1) is 6.02. The van der Waals surface area contributed by atoms with E-state index in [9.17, 15) is 4.79 Å². The molecule has 0 saturated carbocycles. The summed E-state index contributed by atoms with van der Waals surface area (Å²) in [6, 6.07) is 0.247. The van der Waals surface area contributed by atoms with Gasteiger partial charge in [-0.15, -0.1) is 0 Å². The van der Waals surface area contributed by atoms with Gasteiger partial charge in [0.25, 0.3) is 0 Å². The fraction of sp³-hybridized carbons (Fsp3) is 0.909. The van der Waals surface area contributed by atoms with Crippen LogP contribution in [0.4, 0.5) is 0 Å². The molecule has 0 aromatic rings. The maximum Gasteiger partial charge on any atom is 0.226 e. The second-order valence-electron chi connectivity index (χ2n) is 3.97. The van der Waals surface area contributed by atoms with Crippen molar-refractivity contribution in [2.75, 3.05) is 0 Å². The zero-order valence-electron chi connectivity index (χ0n) is 9.61. The molecule has 78 valence electrons. The molecule has 0 aliphatic carbocycles. The van der Waals surface area contributed by atoms with Gasteiger partial charge < -0.3 is 5.32 Å². The fourth-order valence-corrected chi connectivity index (χ4v) is 1.65. The molecule has 0 aromatic heterocycles. The number of hydrogen-bond donors (Lipinski definition) is 1. The minimum atomic E-state index is -0.135. The Hall–Kier alpha value is -0.530. The molecular weight excluding hydrogens is 162 g/mol. The van der Waals surface area contributed by atoms with Gasteiger partial charge in [0.1, 0.15) is 0 Å². The second kappa shape index (κ2) is 5.25. The van der Waals surface area contributed by atoms with Gasteiger partial charge in [-0.3, -0.25) is 4.79 Å². The quantitative estimate of drug-likeness (QED) is 0.701. The molecule has 0 aliphatic rings. The van der Waals surface area contributed by atoms with Gasteiger partial charge in [-0.2, -0.15) is 0 Å². The maximum atomic E-state index is 11.9. The predicted molar refractivity (Wildman–Crippen MR) is 56.6 cm³/mol. The van der Waals surface area contributed by atoms with E-state index in [-0.39, 0.29) is 17.4 Å². The van der Waals surface area contributed by atoms with E-state index in [1.807, 2.05) is 13.8 Å². The zero-order valence-corrected chi connectivity index (χ0v) is 9.61. The molecule has 2 heteroatoms. The Bertz CT molecular complexity index is 151. The minimum Gasteiger partial charge on any atom is -0.353 e. The van der Waals surface area contributed by atoms with Crippen LogP contribution in [0.3, 0.4) is 0 Å². The van der Waals surface area contributed by atoms with Crippen molar-refractivity contribution in [3.05, 3.63) is 0 Å². The molecule has 0 spiro atoms. The van der Waals surface area contributed by atoms with Gasteiger partial charge in [-0.25, -0.2) is 0 Å². The van der Waals surface area contributed by atoms with Crippen LogP contribution in [0.25, 0.3) is 0 Å². The summed E-state index contributed by atoms with van der Waals surface area (Å²) >= 11 is 0. The van der Waals surface area contributed by atoms with Crippen LogP contribution >= 0.6 is 0 Å². The van der Waals surface area contributed by atoms with Crippen LogP contribution in [-0.4, -0.2) is 11.9 Å². The highest BCUT2D eigenvalue weighted by Crippen LogP contribution is 2.30. The number of nitrogens with one attached hydrogen (secondary N) is 1. The normalized spacial score (nSPS) is 11.8. The summed E-state index contributed by atoms with van der Waals surface area (Å²) in [5.41, 5.74) is -0.135. The van der Waals surface area contributed by atoms with Crippen molar-refractivity contribution < 1.29 is 4.79 Å². The van der Waals surface area contributed by atoms with Crippen LogP contribution in [-0.2, 0) is 4.79 Å². The third-order valence-electron chi connectivity index (χ3n) is 2.93. The average molecular weight is 185 g/mol. The lowest BCUT2D eigenvalue weighted by Gasteiger charge is -2.29. The molecule has 0 saturated heterocycles. The monoisotopic (exact) mass is 185 g/mol. The van der Waals surface area contributed by atoms with Gasteiger partial charge in [0.2, 0.25) is 5.91 Å². The first kappa shape index (κ1) is 12.5. The summed E-state index contributed by atoms with van der Waals surface area (Å²) in [5, 5.41) is 3.00. The number of carbonyl (C=O) groups is 1. The first-order valence-electron chi connectivity index (χ1n) is 5.33. The Morgan fingerprint density at radius 1 is 1.15 bits per heavy atom. The lowest BCUT2D eigenvalue weighted by atomic mass is 9.79. The topological polar surface area (TPSA) is 29.1 Å². The van der Waals surface area contributed by atoms with E-state index in [0.717, 1.165) is 19.3 Å². The standard InChI is InChI=1S/C11H23NO/c1-6-11(7-2,8-3)10(13)12-9(4)5/h9H,6-8H2,1-5H3,(H,12,13). The van der Waals surface area contributed by atoms with Gasteiger partial charge in [0.05, 0.1) is 0 Å². The first-order valence-corrected chi connectivity index (χ1v) is 5.33. The van der Waals surface area contributed by atoms with Crippen molar-refractivity contribution in [2.45, 2.75) is 59.9 Å². The Morgan fingerprint density at radius 3 is 1.77 bits per heavy atom. The third-order valence-corrected chi connectivity index (χ3v) is 2.93. The number of amides is 1. The van der Waals surface area contributed by atoms with Crippen molar-refractivity contribution in [1.29, 1.82) is 0 Å². The van der Waals surface area contributed by atoms with Crippen molar-refractivity contribution in [3.63, 3.8) is 0 Å². The van der Waals surface area contributed by atoms with E-state index in [1.165, 1.54) is 0 Å². The second-order valence-corrected chi connectivity index (χ2v) is 3.97. The minimum absolute atomic E-state index is 0.135. The Kier molecular flexibility index (Phi) is 5.04. The molecule has 1 N–H and O–H groups in total. The molecule has 0 radical (unpaired) electrons. The van der Waals surface area contributed by atoms with Gasteiger partial charge in [-0.05, 0) is 33.1 Å². The number of rotatable bonds is 5. The molecule has 0 heterocycles. The molecule has 0 bridgehead atoms. The molecule has 0 aliphatic heterocycles. The summed E-state index contributed by atoms with van der Waals surface area (Å²) in [4.78, 5) is 11.9. The fourth-order valence-electron chi connectivity index (χ4n) is 1.65. The molecular formula is C11H23NO. The van der Waals surface area contributed by atoms with Crippen molar-refractivity contribution in [2.24, 2.45) is 5.41 Å². The summed E-state index contributed by atoms with van der Waals surface area (Å²) in [5.74, 6) is 0.218. The van der Waals surface area contributed by atoms with Crippen LogP contribution in [0.5, 0.6) is 0 Å². The number of hydrogen-bond acceptors (Lipinski definition) is 1. The smallest absolute Gasteiger partial charge is 0.226 e. The van der Waals surface area contributed by atoms with E-state index >= 15 is 0 Å². The molecule has 13 heavy (non-hydrogen) atoms. The third kappa shape index (κ3) is 3.02. The SMILES string of the molecule is CCC(CC)(CC)C(=O)NC(C)C. The van der Waals surface area contributed by atoms with Crippen molar-refractivity contribution in [1.82, 2.24) is 5.32 Å². The Labute approximate surface area is 82.1 Å².